The molecule has 0 bridgehead atoms. The number of ether oxygens (including phenoxy) is 1. The summed E-state index contributed by atoms with van der Waals surface area (Å²) < 4.78 is 6.48. The van der Waals surface area contributed by atoms with Gasteiger partial charge in [0.1, 0.15) is 17.4 Å². The second kappa shape index (κ2) is 6.93. The van der Waals surface area contributed by atoms with Gasteiger partial charge >= 0.3 is 5.97 Å². The molecule has 2 aromatic heterocycles. The Labute approximate surface area is 144 Å². The molecular weight excluding hydrogens is 318 g/mol. The van der Waals surface area contributed by atoms with Crippen molar-refractivity contribution in [2.45, 2.75) is 13.3 Å². The molecule has 0 aliphatic rings. The predicted octanol–water partition coefficient (Wildman–Crippen LogP) is 3.65. The fraction of sp³-hybridized carbons (Fsp3) is 0.167. The molecule has 0 atom stereocenters. The molecule has 0 saturated heterocycles. The zero-order valence-corrected chi connectivity index (χ0v) is 13.8. The van der Waals surface area contributed by atoms with Crippen molar-refractivity contribution < 1.29 is 9.53 Å². The fourth-order valence-electron chi connectivity index (χ4n) is 2.37. The first-order valence-electron chi connectivity index (χ1n) is 7.57. The van der Waals surface area contributed by atoms with Gasteiger partial charge in [0.25, 0.3) is 0 Å². The number of esters is 1. The number of azo groups is 1. The Kier molecular flexibility index (Phi) is 4.53. The third kappa shape index (κ3) is 3.38. The molecule has 0 fully saturated rings. The number of pyridine rings is 1. The molecule has 3 aromatic rings. The number of hydrogen-bond acceptors (Lipinski definition) is 6. The highest BCUT2D eigenvalue weighted by atomic mass is 16.5. The lowest BCUT2D eigenvalue weighted by Crippen LogP contribution is -2.04. The van der Waals surface area contributed by atoms with E-state index in [2.05, 4.69) is 21.3 Å². The number of carbonyl (C=O) groups excluding carboxylic acids is 1. The molecule has 3 rings (SSSR count). The summed E-state index contributed by atoms with van der Waals surface area (Å²) in [5, 5.41) is 17.6. The van der Waals surface area contributed by atoms with Crippen molar-refractivity contribution in [2.75, 3.05) is 7.11 Å². The van der Waals surface area contributed by atoms with Crippen molar-refractivity contribution in [1.29, 1.82) is 5.26 Å². The first-order chi connectivity index (χ1) is 12.1. The second-order valence-corrected chi connectivity index (χ2v) is 5.40. The van der Waals surface area contributed by atoms with Crippen LogP contribution in [0.5, 0.6) is 0 Å². The number of carbonyl (C=O) groups is 1. The molecule has 124 valence electrons. The molecule has 0 amide bonds. The van der Waals surface area contributed by atoms with Crippen LogP contribution in [0.1, 0.15) is 16.8 Å². The van der Waals surface area contributed by atoms with E-state index in [-0.39, 0.29) is 6.42 Å². The van der Waals surface area contributed by atoms with Crippen LogP contribution >= 0.6 is 0 Å². The van der Waals surface area contributed by atoms with Gasteiger partial charge in [-0.3, -0.25) is 9.20 Å². The van der Waals surface area contributed by atoms with Gasteiger partial charge in [0.05, 0.1) is 24.8 Å². The summed E-state index contributed by atoms with van der Waals surface area (Å²) >= 11 is 0. The zero-order valence-electron chi connectivity index (χ0n) is 13.8. The van der Waals surface area contributed by atoms with Gasteiger partial charge in [-0.2, -0.15) is 5.26 Å². The Balaban J connectivity index is 2.10. The first-order valence-corrected chi connectivity index (χ1v) is 7.57. The quantitative estimate of drug-likeness (QED) is 0.538. The highest BCUT2D eigenvalue weighted by molar-refractivity contribution is 5.74. The van der Waals surface area contributed by atoms with Crippen molar-refractivity contribution in [3.05, 3.63) is 59.4 Å². The molecule has 0 spiro atoms. The lowest BCUT2D eigenvalue weighted by Gasteiger charge is -2.00. The number of imidazole rings is 1. The van der Waals surface area contributed by atoms with E-state index in [9.17, 15) is 4.79 Å². The molecule has 0 aliphatic carbocycles. The van der Waals surface area contributed by atoms with Crippen LogP contribution in [-0.2, 0) is 16.0 Å². The smallest absolute Gasteiger partial charge is 0.311 e. The van der Waals surface area contributed by atoms with Crippen molar-refractivity contribution in [3.8, 4) is 6.07 Å². The van der Waals surface area contributed by atoms with Crippen molar-refractivity contribution in [3.63, 3.8) is 0 Å². The van der Waals surface area contributed by atoms with Gasteiger partial charge in [0.15, 0.2) is 5.82 Å². The Hall–Kier alpha value is -3.53. The summed E-state index contributed by atoms with van der Waals surface area (Å²) in [6.45, 7) is 1.96. The molecule has 0 saturated carbocycles. The molecule has 0 radical (unpaired) electrons. The molecule has 0 unspecified atom stereocenters. The summed E-state index contributed by atoms with van der Waals surface area (Å²) in [6, 6.07) is 12.8. The average Bonchev–Trinajstić information content (AvgIpc) is 2.95. The number of rotatable bonds is 4. The minimum atomic E-state index is -0.408. The van der Waals surface area contributed by atoms with E-state index in [1.165, 1.54) is 7.11 Å². The first kappa shape index (κ1) is 16.3. The van der Waals surface area contributed by atoms with E-state index in [0.717, 1.165) is 5.56 Å². The molecule has 25 heavy (non-hydrogen) atoms. The summed E-state index contributed by atoms with van der Waals surface area (Å²) in [5.74, 6) is 0.0298. The Morgan fingerprint density at radius 1 is 1.32 bits per heavy atom. The van der Waals surface area contributed by atoms with Crippen LogP contribution in [0.15, 0.2) is 52.8 Å². The standard InChI is InChI=1S/C18H15N5O2/c1-12-7-8-23-16(9-12)20-15(10-17(24)25-2)18(23)22-21-14-6-4-3-5-13(14)11-19/h3-9H,10H2,1-2H3. The zero-order chi connectivity index (χ0) is 17.8. The van der Waals surface area contributed by atoms with Gasteiger partial charge < -0.3 is 4.74 Å². The normalized spacial score (nSPS) is 10.9. The number of aromatic nitrogens is 2. The minimum Gasteiger partial charge on any atom is -0.469 e. The summed E-state index contributed by atoms with van der Waals surface area (Å²) in [7, 11) is 1.33. The van der Waals surface area contributed by atoms with E-state index >= 15 is 0 Å². The van der Waals surface area contributed by atoms with Crippen LogP contribution in [0.2, 0.25) is 0 Å². The van der Waals surface area contributed by atoms with Crippen molar-refractivity contribution in [2.24, 2.45) is 10.2 Å². The van der Waals surface area contributed by atoms with Crippen LogP contribution in [-0.4, -0.2) is 22.5 Å². The number of nitriles is 1. The number of nitrogens with zero attached hydrogens (tertiary/aromatic N) is 5. The number of fused-ring (bicyclic) bond motifs is 1. The van der Waals surface area contributed by atoms with Crippen LogP contribution in [0.25, 0.3) is 5.65 Å². The summed E-state index contributed by atoms with van der Waals surface area (Å²) in [6.07, 6.45) is 1.81. The highest BCUT2D eigenvalue weighted by Crippen LogP contribution is 2.26. The Bertz CT molecular complexity index is 1010. The maximum absolute atomic E-state index is 11.7. The van der Waals surface area contributed by atoms with Crippen LogP contribution in [0.4, 0.5) is 11.5 Å². The number of hydrogen-bond donors (Lipinski definition) is 0. The minimum absolute atomic E-state index is 0.00845. The fourth-order valence-corrected chi connectivity index (χ4v) is 2.37. The van der Waals surface area contributed by atoms with Gasteiger partial charge in [-0.05, 0) is 36.8 Å². The van der Waals surface area contributed by atoms with Gasteiger partial charge in [0, 0.05) is 6.20 Å². The van der Waals surface area contributed by atoms with E-state index in [4.69, 9.17) is 10.00 Å². The molecule has 1 aromatic carbocycles. The summed E-state index contributed by atoms with van der Waals surface area (Å²) in [5.41, 5.74) is 3.05. The van der Waals surface area contributed by atoms with Gasteiger partial charge in [-0.1, -0.05) is 12.1 Å². The molecule has 7 heteroatoms. The molecule has 0 N–H and O–H groups in total. The van der Waals surface area contributed by atoms with Crippen molar-refractivity contribution >= 4 is 23.1 Å². The largest absolute Gasteiger partial charge is 0.469 e. The lowest BCUT2D eigenvalue weighted by molar-refractivity contribution is -0.139. The monoisotopic (exact) mass is 333 g/mol. The number of aryl methyl sites for hydroxylation is 1. The topological polar surface area (TPSA) is 92.1 Å². The second-order valence-electron chi connectivity index (χ2n) is 5.40. The van der Waals surface area contributed by atoms with E-state index in [1.54, 1.807) is 28.7 Å². The van der Waals surface area contributed by atoms with Gasteiger partial charge in [0.2, 0.25) is 0 Å². The van der Waals surface area contributed by atoms with Crippen molar-refractivity contribution in [1.82, 2.24) is 9.38 Å². The van der Waals surface area contributed by atoms with Crippen LogP contribution in [0, 0.1) is 18.3 Å². The van der Waals surface area contributed by atoms with Crippen LogP contribution < -0.4 is 0 Å². The molecular formula is C18H15N5O2. The number of benzene rings is 1. The lowest BCUT2D eigenvalue weighted by atomic mass is 10.2. The average molecular weight is 333 g/mol. The van der Waals surface area contributed by atoms with Gasteiger partial charge in [-0.15, -0.1) is 10.2 Å². The third-order valence-electron chi connectivity index (χ3n) is 3.64. The SMILES string of the molecule is COC(=O)Cc1nc2cc(C)ccn2c1N=Nc1ccccc1C#N. The Morgan fingerprint density at radius 2 is 2.12 bits per heavy atom. The van der Waals surface area contributed by atoms with Crippen LogP contribution in [0.3, 0.4) is 0 Å². The maximum Gasteiger partial charge on any atom is 0.311 e. The van der Waals surface area contributed by atoms with E-state index < -0.39 is 5.97 Å². The van der Waals surface area contributed by atoms with E-state index in [1.807, 2.05) is 25.3 Å². The molecule has 7 nitrogen and oxygen atoms in total. The molecule has 2 heterocycles. The number of methoxy groups -OCH3 is 1. The Morgan fingerprint density at radius 3 is 2.88 bits per heavy atom. The maximum atomic E-state index is 11.7. The van der Waals surface area contributed by atoms with E-state index in [0.29, 0.717) is 28.4 Å². The highest BCUT2D eigenvalue weighted by Gasteiger charge is 2.16. The third-order valence-corrected chi connectivity index (χ3v) is 3.64. The predicted molar refractivity (Wildman–Crippen MR) is 91.0 cm³/mol. The summed E-state index contributed by atoms with van der Waals surface area (Å²) in [4.78, 5) is 16.1. The van der Waals surface area contributed by atoms with Gasteiger partial charge in [-0.25, -0.2) is 4.98 Å². The molecule has 0 aliphatic heterocycles.